The summed E-state index contributed by atoms with van der Waals surface area (Å²) in [5.74, 6) is 1.12. The molecule has 0 fully saturated rings. The van der Waals surface area contributed by atoms with Gasteiger partial charge >= 0.3 is 0 Å². The maximum Gasteiger partial charge on any atom is 0.227 e. The highest BCUT2D eigenvalue weighted by atomic mass is 16.5. The van der Waals surface area contributed by atoms with Crippen LogP contribution in [0.25, 0.3) is 0 Å². The van der Waals surface area contributed by atoms with Gasteiger partial charge in [-0.1, -0.05) is 5.16 Å². The Morgan fingerprint density at radius 3 is 2.75 bits per heavy atom. The van der Waals surface area contributed by atoms with E-state index in [1.54, 1.807) is 6.92 Å². The Hall–Kier alpha value is -1.23. The molecule has 1 rings (SSSR count). The van der Waals surface area contributed by atoms with E-state index in [0.29, 0.717) is 31.2 Å². The summed E-state index contributed by atoms with van der Waals surface area (Å²) in [5, 5.41) is 3.86. The number of aromatic nitrogens is 2. The third-order valence-electron chi connectivity index (χ3n) is 2.20. The molecule has 0 aliphatic heterocycles. The van der Waals surface area contributed by atoms with E-state index in [9.17, 15) is 4.79 Å². The summed E-state index contributed by atoms with van der Waals surface area (Å²) in [6, 6.07) is 0. The maximum atomic E-state index is 10.8. The Morgan fingerprint density at radius 2 is 2.19 bits per heavy atom. The SMILES string of the molecule is CCOC(C)(C)c1noc(CCC(C)=O)n1. The van der Waals surface area contributed by atoms with Gasteiger partial charge in [-0.15, -0.1) is 0 Å². The molecule has 90 valence electrons. The van der Waals surface area contributed by atoms with Crippen molar-refractivity contribution in [1.82, 2.24) is 10.1 Å². The van der Waals surface area contributed by atoms with Gasteiger partial charge in [0.05, 0.1) is 0 Å². The van der Waals surface area contributed by atoms with E-state index >= 15 is 0 Å². The van der Waals surface area contributed by atoms with Crippen molar-refractivity contribution in [2.45, 2.75) is 46.1 Å². The standard InChI is InChI=1S/C11H18N2O3/c1-5-15-11(3,4)10-12-9(16-13-10)7-6-8(2)14/h5-7H2,1-4H3. The van der Waals surface area contributed by atoms with E-state index in [1.165, 1.54) is 0 Å². The molecule has 0 aliphatic rings. The molecule has 0 aromatic carbocycles. The van der Waals surface area contributed by atoms with E-state index < -0.39 is 5.60 Å². The monoisotopic (exact) mass is 226 g/mol. The summed E-state index contributed by atoms with van der Waals surface area (Å²) in [6.45, 7) is 7.82. The van der Waals surface area contributed by atoms with Crippen LogP contribution in [0.2, 0.25) is 0 Å². The first-order chi connectivity index (χ1) is 7.45. The fourth-order valence-corrected chi connectivity index (χ4v) is 1.31. The average molecular weight is 226 g/mol. The number of nitrogens with zero attached hydrogens (tertiary/aromatic N) is 2. The summed E-state index contributed by atoms with van der Waals surface area (Å²) in [7, 11) is 0. The van der Waals surface area contributed by atoms with Crippen LogP contribution in [-0.4, -0.2) is 22.5 Å². The fraction of sp³-hybridized carbons (Fsp3) is 0.727. The second-order valence-corrected chi connectivity index (χ2v) is 4.16. The molecule has 1 aromatic rings. The highest BCUT2D eigenvalue weighted by Crippen LogP contribution is 2.21. The van der Waals surface area contributed by atoms with Crippen LogP contribution in [0.4, 0.5) is 0 Å². The quantitative estimate of drug-likeness (QED) is 0.740. The number of ether oxygens (including phenoxy) is 1. The van der Waals surface area contributed by atoms with E-state index in [1.807, 2.05) is 20.8 Å². The summed E-state index contributed by atoms with van der Waals surface area (Å²) < 4.78 is 10.6. The van der Waals surface area contributed by atoms with E-state index in [4.69, 9.17) is 9.26 Å². The molecule has 16 heavy (non-hydrogen) atoms. The molecule has 1 aromatic heterocycles. The van der Waals surface area contributed by atoms with Crippen LogP contribution >= 0.6 is 0 Å². The number of hydrogen-bond acceptors (Lipinski definition) is 5. The van der Waals surface area contributed by atoms with Crippen LogP contribution in [-0.2, 0) is 21.6 Å². The third-order valence-corrected chi connectivity index (χ3v) is 2.20. The largest absolute Gasteiger partial charge is 0.368 e. The smallest absolute Gasteiger partial charge is 0.227 e. The van der Waals surface area contributed by atoms with Crippen molar-refractivity contribution in [3.8, 4) is 0 Å². The molecule has 0 aliphatic carbocycles. The lowest BCUT2D eigenvalue weighted by Crippen LogP contribution is -2.23. The third kappa shape index (κ3) is 3.41. The van der Waals surface area contributed by atoms with Crippen LogP contribution in [0.3, 0.4) is 0 Å². The summed E-state index contributed by atoms with van der Waals surface area (Å²) in [5.41, 5.74) is -0.549. The predicted molar refractivity (Wildman–Crippen MR) is 58.0 cm³/mol. The number of carbonyl (C=O) groups is 1. The number of carbonyl (C=O) groups excluding carboxylic acids is 1. The Balaban J connectivity index is 2.67. The van der Waals surface area contributed by atoms with Gasteiger partial charge in [-0.2, -0.15) is 4.98 Å². The minimum atomic E-state index is -0.549. The Kier molecular flexibility index (Phi) is 4.18. The van der Waals surface area contributed by atoms with Gasteiger partial charge < -0.3 is 14.1 Å². The topological polar surface area (TPSA) is 65.2 Å². The van der Waals surface area contributed by atoms with Crippen molar-refractivity contribution in [2.24, 2.45) is 0 Å². The van der Waals surface area contributed by atoms with E-state index in [2.05, 4.69) is 10.1 Å². The highest BCUT2D eigenvalue weighted by Gasteiger charge is 2.26. The zero-order valence-electron chi connectivity index (χ0n) is 10.2. The van der Waals surface area contributed by atoms with Crippen LogP contribution in [0.15, 0.2) is 4.52 Å². The van der Waals surface area contributed by atoms with Gasteiger partial charge in [-0.3, -0.25) is 0 Å². The predicted octanol–water partition coefficient (Wildman–Crippen LogP) is 1.86. The molecule has 0 radical (unpaired) electrons. The molecule has 0 saturated heterocycles. The molecule has 0 unspecified atom stereocenters. The molecule has 0 bridgehead atoms. The second-order valence-electron chi connectivity index (χ2n) is 4.16. The van der Waals surface area contributed by atoms with Gasteiger partial charge in [-0.05, 0) is 27.7 Å². The Labute approximate surface area is 95.2 Å². The van der Waals surface area contributed by atoms with Crippen LogP contribution in [0, 0.1) is 0 Å². The first-order valence-electron chi connectivity index (χ1n) is 5.42. The zero-order chi connectivity index (χ0) is 12.2. The molecule has 0 atom stereocenters. The second kappa shape index (κ2) is 5.21. The first kappa shape index (κ1) is 12.8. The Bertz CT molecular complexity index is 358. The lowest BCUT2D eigenvalue weighted by Gasteiger charge is -2.19. The first-order valence-corrected chi connectivity index (χ1v) is 5.42. The van der Waals surface area contributed by atoms with Gasteiger partial charge in [0.2, 0.25) is 11.7 Å². The van der Waals surface area contributed by atoms with Crippen molar-refractivity contribution >= 4 is 5.78 Å². The van der Waals surface area contributed by atoms with Gasteiger partial charge in [0.15, 0.2) is 0 Å². The van der Waals surface area contributed by atoms with Crippen molar-refractivity contribution in [2.75, 3.05) is 6.61 Å². The van der Waals surface area contributed by atoms with Crippen LogP contribution < -0.4 is 0 Å². The number of hydrogen-bond donors (Lipinski definition) is 0. The number of aryl methyl sites for hydroxylation is 1. The highest BCUT2D eigenvalue weighted by molar-refractivity contribution is 5.75. The zero-order valence-corrected chi connectivity index (χ0v) is 10.2. The maximum absolute atomic E-state index is 10.8. The van der Waals surface area contributed by atoms with Crippen LogP contribution in [0.5, 0.6) is 0 Å². The fourth-order valence-electron chi connectivity index (χ4n) is 1.31. The van der Waals surface area contributed by atoms with E-state index in [0.717, 1.165) is 0 Å². The molecular weight excluding hydrogens is 208 g/mol. The van der Waals surface area contributed by atoms with Gasteiger partial charge in [0.25, 0.3) is 0 Å². The lowest BCUT2D eigenvalue weighted by atomic mass is 10.1. The summed E-state index contributed by atoms with van der Waals surface area (Å²) >= 11 is 0. The van der Waals surface area contributed by atoms with Crippen molar-refractivity contribution in [1.29, 1.82) is 0 Å². The average Bonchev–Trinajstić information content (AvgIpc) is 2.63. The van der Waals surface area contributed by atoms with Crippen molar-refractivity contribution < 1.29 is 14.1 Å². The molecule has 0 N–H and O–H groups in total. The number of Topliss-reactive ketones (excluding diaryl/α,β-unsaturated/α-hetero) is 1. The number of rotatable bonds is 6. The van der Waals surface area contributed by atoms with E-state index in [-0.39, 0.29) is 5.78 Å². The Morgan fingerprint density at radius 1 is 1.50 bits per heavy atom. The van der Waals surface area contributed by atoms with Gasteiger partial charge in [-0.25, -0.2) is 0 Å². The lowest BCUT2D eigenvalue weighted by molar-refractivity contribution is -0.117. The van der Waals surface area contributed by atoms with Crippen molar-refractivity contribution in [3.05, 3.63) is 11.7 Å². The summed E-state index contributed by atoms with van der Waals surface area (Å²) in [6.07, 6.45) is 0.918. The summed E-state index contributed by atoms with van der Waals surface area (Å²) in [4.78, 5) is 15.0. The minimum absolute atomic E-state index is 0.115. The number of ketones is 1. The molecule has 0 amide bonds. The van der Waals surface area contributed by atoms with Crippen LogP contribution in [0.1, 0.15) is 45.8 Å². The molecule has 5 nitrogen and oxygen atoms in total. The van der Waals surface area contributed by atoms with Crippen molar-refractivity contribution in [3.63, 3.8) is 0 Å². The minimum Gasteiger partial charge on any atom is -0.368 e. The van der Waals surface area contributed by atoms with Gasteiger partial charge in [0.1, 0.15) is 11.4 Å². The van der Waals surface area contributed by atoms with Gasteiger partial charge in [0, 0.05) is 19.4 Å². The molecular formula is C11H18N2O3. The molecule has 1 heterocycles. The molecule has 5 heteroatoms. The normalized spacial score (nSPS) is 11.8. The molecule has 0 saturated carbocycles. The molecule has 0 spiro atoms.